The summed E-state index contributed by atoms with van der Waals surface area (Å²) >= 11 is 2.07. The van der Waals surface area contributed by atoms with Crippen LogP contribution < -0.4 is 10.2 Å². The van der Waals surface area contributed by atoms with Crippen LogP contribution in [0.25, 0.3) is 0 Å². The number of amides is 1. The molecule has 1 heterocycles. The third-order valence-electron chi connectivity index (χ3n) is 3.05. The van der Waals surface area contributed by atoms with E-state index in [1.54, 1.807) is 11.0 Å². The zero-order valence-electron chi connectivity index (χ0n) is 10.2. The summed E-state index contributed by atoms with van der Waals surface area (Å²) in [7, 11) is 0. The number of carbonyl (C=O) groups excluding carboxylic acids is 1. The van der Waals surface area contributed by atoms with Crippen LogP contribution in [0, 0.1) is 9.39 Å². The molecule has 0 aliphatic carbocycles. The van der Waals surface area contributed by atoms with Crippen molar-refractivity contribution in [3.8, 4) is 0 Å². The van der Waals surface area contributed by atoms with E-state index in [9.17, 15) is 9.18 Å². The van der Waals surface area contributed by atoms with Crippen molar-refractivity contribution in [2.45, 2.75) is 25.8 Å². The van der Waals surface area contributed by atoms with E-state index in [-0.39, 0.29) is 17.8 Å². The second-order valence-corrected chi connectivity index (χ2v) is 5.54. The highest BCUT2D eigenvalue weighted by Crippen LogP contribution is 2.27. The second-order valence-electron chi connectivity index (χ2n) is 4.38. The number of nitrogens with zero attached hydrogens (tertiary/aromatic N) is 1. The van der Waals surface area contributed by atoms with E-state index >= 15 is 0 Å². The van der Waals surface area contributed by atoms with Crippen molar-refractivity contribution in [3.05, 3.63) is 27.6 Å². The van der Waals surface area contributed by atoms with Crippen molar-refractivity contribution in [2.24, 2.45) is 0 Å². The molecule has 98 valence electrons. The summed E-state index contributed by atoms with van der Waals surface area (Å²) in [6.45, 7) is 3.62. The molecular formula is C13H16FIN2O. The molecule has 1 aliphatic heterocycles. The van der Waals surface area contributed by atoms with Gasteiger partial charge in [0.25, 0.3) is 0 Å². The Morgan fingerprint density at radius 2 is 2.33 bits per heavy atom. The summed E-state index contributed by atoms with van der Waals surface area (Å²) in [4.78, 5) is 14.0. The first-order chi connectivity index (χ1) is 8.63. The van der Waals surface area contributed by atoms with Crippen molar-refractivity contribution in [1.82, 2.24) is 5.32 Å². The highest BCUT2D eigenvalue weighted by molar-refractivity contribution is 14.1. The van der Waals surface area contributed by atoms with Gasteiger partial charge in [-0.2, -0.15) is 0 Å². The van der Waals surface area contributed by atoms with Crippen molar-refractivity contribution in [1.29, 1.82) is 0 Å². The van der Waals surface area contributed by atoms with E-state index in [0.717, 1.165) is 28.6 Å². The standard InChI is InChI=1S/C13H16FIN2O/c1-2-6-16-11-5-7-17(13(11)18)12-4-3-9(14)8-10(12)15/h3-4,8,11,16H,2,5-7H2,1H3. The van der Waals surface area contributed by atoms with Crippen LogP contribution in [0.15, 0.2) is 18.2 Å². The van der Waals surface area contributed by atoms with E-state index in [1.165, 1.54) is 12.1 Å². The lowest BCUT2D eigenvalue weighted by Gasteiger charge is -2.18. The third-order valence-corrected chi connectivity index (χ3v) is 3.91. The Balaban J connectivity index is 2.13. The van der Waals surface area contributed by atoms with Crippen LogP contribution in [0.5, 0.6) is 0 Å². The molecule has 1 unspecified atom stereocenters. The summed E-state index contributed by atoms with van der Waals surface area (Å²) in [5.41, 5.74) is 0.808. The van der Waals surface area contributed by atoms with Gasteiger partial charge in [-0.3, -0.25) is 4.79 Å². The van der Waals surface area contributed by atoms with E-state index in [2.05, 4.69) is 34.8 Å². The van der Waals surface area contributed by atoms with Crippen LogP contribution in [-0.4, -0.2) is 25.0 Å². The predicted octanol–water partition coefficient (Wildman–Crippen LogP) is 2.54. The minimum Gasteiger partial charge on any atom is -0.310 e. The van der Waals surface area contributed by atoms with E-state index in [0.29, 0.717) is 6.54 Å². The van der Waals surface area contributed by atoms with Gasteiger partial charge < -0.3 is 10.2 Å². The lowest BCUT2D eigenvalue weighted by Crippen LogP contribution is -2.38. The lowest BCUT2D eigenvalue weighted by atomic mass is 10.2. The zero-order valence-corrected chi connectivity index (χ0v) is 12.4. The largest absolute Gasteiger partial charge is 0.310 e. The first kappa shape index (κ1) is 13.7. The topological polar surface area (TPSA) is 32.3 Å². The fraction of sp³-hybridized carbons (Fsp3) is 0.462. The molecule has 0 saturated carbocycles. The van der Waals surface area contributed by atoms with E-state index in [4.69, 9.17) is 0 Å². The van der Waals surface area contributed by atoms with Crippen LogP contribution in [0.1, 0.15) is 19.8 Å². The van der Waals surface area contributed by atoms with Crippen LogP contribution >= 0.6 is 22.6 Å². The van der Waals surface area contributed by atoms with Gasteiger partial charge >= 0.3 is 0 Å². The van der Waals surface area contributed by atoms with Crippen molar-refractivity contribution in [3.63, 3.8) is 0 Å². The summed E-state index contributed by atoms with van der Waals surface area (Å²) in [6, 6.07) is 4.44. The highest BCUT2D eigenvalue weighted by Gasteiger charge is 2.32. The van der Waals surface area contributed by atoms with Crippen molar-refractivity contribution >= 4 is 34.2 Å². The molecule has 1 atom stereocenters. The molecule has 0 bridgehead atoms. The minimum atomic E-state index is -0.268. The number of halogens is 2. The average molecular weight is 362 g/mol. The SMILES string of the molecule is CCCNC1CCN(c2ccc(F)cc2I)C1=O. The molecule has 5 heteroatoms. The molecule has 1 N–H and O–H groups in total. The first-order valence-corrected chi connectivity index (χ1v) is 7.21. The number of rotatable bonds is 4. The summed E-state index contributed by atoms with van der Waals surface area (Å²) in [5.74, 6) is -0.177. The number of benzene rings is 1. The molecule has 0 aromatic heterocycles. The average Bonchev–Trinajstić information content (AvgIpc) is 2.68. The quantitative estimate of drug-likeness (QED) is 0.835. The molecule has 1 saturated heterocycles. The van der Waals surface area contributed by atoms with Gasteiger partial charge in [0.15, 0.2) is 0 Å². The van der Waals surface area contributed by atoms with Gasteiger partial charge in [-0.15, -0.1) is 0 Å². The molecule has 1 aliphatic rings. The smallest absolute Gasteiger partial charge is 0.244 e. The molecule has 1 amide bonds. The molecule has 18 heavy (non-hydrogen) atoms. The number of carbonyl (C=O) groups is 1. The summed E-state index contributed by atoms with van der Waals surface area (Å²) < 4.78 is 13.8. The number of anilines is 1. The maximum atomic E-state index is 13.1. The van der Waals surface area contributed by atoms with Gasteiger partial charge in [0.05, 0.1) is 11.7 Å². The monoisotopic (exact) mass is 362 g/mol. The van der Waals surface area contributed by atoms with Gasteiger partial charge in [0.1, 0.15) is 5.82 Å². The van der Waals surface area contributed by atoms with Gasteiger partial charge in [-0.05, 0) is 60.2 Å². The van der Waals surface area contributed by atoms with Gasteiger partial charge in [0.2, 0.25) is 5.91 Å². The number of hydrogen-bond donors (Lipinski definition) is 1. The Morgan fingerprint density at radius 3 is 3.00 bits per heavy atom. The molecule has 1 fully saturated rings. The van der Waals surface area contributed by atoms with Crippen molar-refractivity contribution < 1.29 is 9.18 Å². The normalized spacial score (nSPS) is 19.6. The number of hydrogen-bond acceptors (Lipinski definition) is 2. The van der Waals surface area contributed by atoms with Crippen LogP contribution in [0.2, 0.25) is 0 Å². The Labute approximate surface area is 120 Å². The van der Waals surface area contributed by atoms with E-state index < -0.39 is 0 Å². The third kappa shape index (κ3) is 2.83. The molecule has 0 spiro atoms. The van der Waals surface area contributed by atoms with E-state index in [1.807, 2.05) is 0 Å². The fourth-order valence-corrected chi connectivity index (χ4v) is 2.90. The van der Waals surface area contributed by atoms with Crippen LogP contribution in [0.4, 0.5) is 10.1 Å². The second kappa shape index (κ2) is 5.97. The lowest BCUT2D eigenvalue weighted by molar-refractivity contribution is -0.118. The van der Waals surface area contributed by atoms with Gasteiger partial charge in [0, 0.05) is 10.1 Å². The molecule has 2 rings (SSSR count). The Bertz CT molecular complexity index is 453. The molecular weight excluding hydrogens is 346 g/mol. The minimum absolute atomic E-state index is 0.0907. The summed E-state index contributed by atoms with van der Waals surface area (Å²) in [6.07, 6.45) is 1.82. The van der Waals surface area contributed by atoms with Gasteiger partial charge in [-0.25, -0.2) is 4.39 Å². The maximum absolute atomic E-state index is 13.1. The fourth-order valence-electron chi connectivity index (χ4n) is 2.13. The first-order valence-electron chi connectivity index (χ1n) is 6.13. The predicted molar refractivity (Wildman–Crippen MR) is 78.2 cm³/mol. The van der Waals surface area contributed by atoms with Crippen LogP contribution in [0.3, 0.4) is 0 Å². The molecule has 1 aromatic carbocycles. The Morgan fingerprint density at radius 1 is 1.56 bits per heavy atom. The summed E-state index contributed by atoms with van der Waals surface area (Å²) in [5, 5.41) is 3.24. The Kier molecular flexibility index (Phi) is 4.55. The zero-order chi connectivity index (χ0) is 13.1. The molecule has 3 nitrogen and oxygen atoms in total. The molecule has 1 aromatic rings. The van der Waals surface area contributed by atoms with Crippen LogP contribution in [-0.2, 0) is 4.79 Å². The van der Waals surface area contributed by atoms with Crippen molar-refractivity contribution in [2.75, 3.05) is 18.0 Å². The highest BCUT2D eigenvalue weighted by atomic mass is 127. The molecule has 0 radical (unpaired) electrons. The maximum Gasteiger partial charge on any atom is 0.244 e. The van der Waals surface area contributed by atoms with Gasteiger partial charge in [-0.1, -0.05) is 6.92 Å². The Hall–Kier alpha value is -0.690. The number of nitrogens with one attached hydrogen (secondary N) is 1.